The van der Waals surface area contributed by atoms with Gasteiger partial charge in [-0.15, -0.1) is 0 Å². The molecule has 2 unspecified atom stereocenters. The molecule has 0 radical (unpaired) electrons. The molecule has 35 heavy (non-hydrogen) atoms. The van der Waals surface area contributed by atoms with Crippen LogP contribution in [0.2, 0.25) is 0 Å². The molecule has 2 N–H and O–H groups in total. The molecule has 0 saturated heterocycles. The van der Waals surface area contributed by atoms with E-state index in [0.717, 1.165) is 49.7 Å². The van der Waals surface area contributed by atoms with Crippen LogP contribution in [0.15, 0.2) is 24.3 Å². The van der Waals surface area contributed by atoms with Crippen LogP contribution in [-0.2, 0) is 14.3 Å². The van der Waals surface area contributed by atoms with Crippen LogP contribution in [0.4, 0.5) is 4.79 Å². The molecule has 3 amide bonds. The minimum absolute atomic E-state index is 0.0889. The molecule has 0 aromatic heterocycles. The predicted molar refractivity (Wildman–Crippen MR) is 143 cm³/mol. The smallest absolute Gasteiger partial charge is 0.408 e. The average molecular weight is 506 g/mol. The zero-order valence-corrected chi connectivity index (χ0v) is 22.8. The van der Waals surface area contributed by atoms with Crippen molar-refractivity contribution < 1.29 is 19.1 Å². The van der Waals surface area contributed by atoms with Crippen LogP contribution >= 0.6 is 12.6 Å². The molecule has 1 aliphatic carbocycles. The van der Waals surface area contributed by atoms with Gasteiger partial charge in [0.1, 0.15) is 17.7 Å². The molecule has 1 aliphatic rings. The summed E-state index contributed by atoms with van der Waals surface area (Å²) >= 11 is 4.34. The Morgan fingerprint density at radius 1 is 1.11 bits per heavy atom. The van der Waals surface area contributed by atoms with Crippen molar-refractivity contribution in [2.75, 3.05) is 12.3 Å². The number of unbranched alkanes of at least 4 members (excludes halogenated alkanes) is 1. The van der Waals surface area contributed by atoms with Gasteiger partial charge in [-0.1, -0.05) is 62.4 Å². The number of ether oxygens (including phenoxy) is 1. The Morgan fingerprint density at radius 3 is 2.29 bits per heavy atom. The van der Waals surface area contributed by atoms with Crippen LogP contribution < -0.4 is 10.6 Å². The van der Waals surface area contributed by atoms with Gasteiger partial charge in [0, 0.05) is 18.3 Å². The van der Waals surface area contributed by atoms with Crippen molar-refractivity contribution in [2.45, 2.75) is 103 Å². The van der Waals surface area contributed by atoms with E-state index in [0.29, 0.717) is 6.54 Å². The van der Waals surface area contributed by atoms with Crippen molar-refractivity contribution in [3.63, 3.8) is 0 Å². The number of aryl methyl sites for hydroxylation is 1. The van der Waals surface area contributed by atoms with E-state index in [1.165, 1.54) is 6.42 Å². The number of rotatable bonds is 10. The largest absolute Gasteiger partial charge is 0.444 e. The second-order valence-electron chi connectivity index (χ2n) is 10.4. The predicted octanol–water partition coefficient (Wildman–Crippen LogP) is 4.94. The van der Waals surface area contributed by atoms with Gasteiger partial charge in [0.25, 0.3) is 0 Å². The number of hydrogen-bond donors (Lipinski definition) is 3. The molecule has 2 atom stereocenters. The van der Waals surface area contributed by atoms with Gasteiger partial charge in [-0.2, -0.15) is 12.6 Å². The zero-order valence-electron chi connectivity index (χ0n) is 21.9. The summed E-state index contributed by atoms with van der Waals surface area (Å²) in [6, 6.07) is 6.13. The number of alkyl carbamates (subject to hydrolysis) is 1. The summed E-state index contributed by atoms with van der Waals surface area (Å²) in [7, 11) is 0. The van der Waals surface area contributed by atoms with Crippen molar-refractivity contribution in [3.05, 3.63) is 35.4 Å². The second-order valence-corrected chi connectivity index (χ2v) is 10.8. The number of carbonyl (C=O) groups excluding carboxylic acids is 3. The summed E-state index contributed by atoms with van der Waals surface area (Å²) in [5.41, 5.74) is 1.13. The summed E-state index contributed by atoms with van der Waals surface area (Å²) in [5.74, 6) is -0.435. The third-order valence-corrected chi connectivity index (χ3v) is 6.48. The SMILES string of the molecule is CCCCN(C(=O)C(CS)NC(=O)OC(C)(C)C)C(C(=O)NC1CCCCC1)c1ccc(C)cc1. The summed E-state index contributed by atoms with van der Waals surface area (Å²) < 4.78 is 5.35. The zero-order chi connectivity index (χ0) is 26.0. The molecule has 0 heterocycles. The standard InChI is InChI=1S/C27H43N3O4S/c1-6-7-17-30(25(32)22(18-35)29-26(33)34-27(3,4)5)23(20-15-13-19(2)14-16-20)24(31)28-21-11-9-8-10-12-21/h13-16,21-23,35H,6-12,17-18H2,1-5H3,(H,28,31)(H,29,33). The normalized spacial score (nSPS) is 16.2. The fraction of sp³-hybridized carbons (Fsp3) is 0.667. The quantitative estimate of drug-likeness (QED) is 0.393. The van der Waals surface area contributed by atoms with E-state index in [1.807, 2.05) is 38.1 Å². The molecular formula is C27H43N3O4S. The first-order valence-electron chi connectivity index (χ1n) is 12.8. The third-order valence-electron chi connectivity index (χ3n) is 6.11. The molecular weight excluding hydrogens is 462 g/mol. The lowest BCUT2D eigenvalue weighted by molar-refractivity contribution is -0.142. The van der Waals surface area contributed by atoms with E-state index in [1.54, 1.807) is 25.7 Å². The molecule has 1 aromatic rings. The highest BCUT2D eigenvalue weighted by molar-refractivity contribution is 7.80. The van der Waals surface area contributed by atoms with Crippen molar-refractivity contribution in [3.8, 4) is 0 Å². The number of nitrogens with one attached hydrogen (secondary N) is 2. The van der Waals surface area contributed by atoms with Gasteiger partial charge < -0.3 is 20.3 Å². The molecule has 0 spiro atoms. The van der Waals surface area contributed by atoms with Crippen LogP contribution in [0.1, 0.15) is 89.8 Å². The molecule has 1 fully saturated rings. The van der Waals surface area contributed by atoms with Crippen molar-refractivity contribution >= 4 is 30.5 Å². The topological polar surface area (TPSA) is 87.7 Å². The number of thiol groups is 1. The maximum atomic E-state index is 13.8. The maximum Gasteiger partial charge on any atom is 0.408 e. The molecule has 0 aliphatic heterocycles. The Bertz CT molecular complexity index is 832. The number of carbonyl (C=O) groups is 3. The van der Waals surface area contributed by atoms with E-state index in [9.17, 15) is 14.4 Å². The number of nitrogens with zero attached hydrogens (tertiary/aromatic N) is 1. The summed E-state index contributed by atoms with van der Waals surface area (Å²) in [5, 5.41) is 5.86. The van der Waals surface area contributed by atoms with Gasteiger partial charge >= 0.3 is 6.09 Å². The van der Waals surface area contributed by atoms with Gasteiger partial charge in [0.2, 0.25) is 11.8 Å². The Kier molecular flexibility index (Phi) is 11.4. The van der Waals surface area contributed by atoms with Crippen LogP contribution in [-0.4, -0.2) is 52.8 Å². The Labute approximate surface area is 216 Å². The average Bonchev–Trinajstić information content (AvgIpc) is 2.80. The summed E-state index contributed by atoms with van der Waals surface area (Å²) in [6.45, 7) is 9.72. The number of hydrogen-bond acceptors (Lipinski definition) is 5. The van der Waals surface area contributed by atoms with Gasteiger partial charge in [0.05, 0.1) is 0 Å². The van der Waals surface area contributed by atoms with E-state index in [4.69, 9.17) is 4.74 Å². The fourth-order valence-corrected chi connectivity index (χ4v) is 4.53. The first kappa shape index (κ1) is 29.0. The van der Waals surface area contributed by atoms with Crippen LogP contribution in [0, 0.1) is 6.92 Å². The van der Waals surface area contributed by atoms with Gasteiger partial charge in [0.15, 0.2) is 0 Å². The van der Waals surface area contributed by atoms with E-state index in [-0.39, 0.29) is 23.6 Å². The minimum Gasteiger partial charge on any atom is -0.444 e. The van der Waals surface area contributed by atoms with Crippen LogP contribution in [0.25, 0.3) is 0 Å². The van der Waals surface area contributed by atoms with E-state index < -0.39 is 23.8 Å². The molecule has 0 bridgehead atoms. The lowest BCUT2D eigenvalue weighted by atomic mass is 9.94. The van der Waals surface area contributed by atoms with E-state index >= 15 is 0 Å². The lowest BCUT2D eigenvalue weighted by Crippen LogP contribution is -2.54. The molecule has 7 nitrogen and oxygen atoms in total. The highest BCUT2D eigenvalue weighted by Crippen LogP contribution is 2.26. The number of benzene rings is 1. The second kappa shape index (κ2) is 13.8. The summed E-state index contributed by atoms with van der Waals surface area (Å²) in [4.78, 5) is 41.5. The van der Waals surface area contributed by atoms with Crippen molar-refractivity contribution in [2.24, 2.45) is 0 Å². The first-order chi connectivity index (χ1) is 16.6. The Hall–Kier alpha value is -2.22. The monoisotopic (exact) mass is 505 g/mol. The summed E-state index contributed by atoms with van der Waals surface area (Å²) in [6.07, 6.45) is 6.20. The molecule has 8 heteroatoms. The molecule has 1 aromatic carbocycles. The minimum atomic E-state index is -0.916. The van der Waals surface area contributed by atoms with Gasteiger partial charge in [-0.25, -0.2) is 4.79 Å². The Balaban J connectivity index is 2.36. The number of amides is 3. The Morgan fingerprint density at radius 2 is 1.74 bits per heavy atom. The van der Waals surface area contributed by atoms with E-state index in [2.05, 4.69) is 23.3 Å². The van der Waals surface area contributed by atoms with Gasteiger partial charge in [-0.05, 0) is 52.5 Å². The highest BCUT2D eigenvalue weighted by atomic mass is 32.1. The third kappa shape index (κ3) is 9.39. The molecule has 196 valence electrons. The lowest BCUT2D eigenvalue weighted by Gasteiger charge is -2.35. The highest BCUT2D eigenvalue weighted by Gasteiger charge is 2.36. The fourth-order valence-electron chi connectivity index (χ4n) is 4.28. The van der Waals surface area contributed by atoms with Crippen molar-refractivity contribution in [1.29, 1.82) is 0 Å². The maximum absolute atomic E-state index is 13.8. The van der Waals surface area contributed by atoms with Crippen LogP contribution in [0.3, 0.4) is 0 Å². The first-order valence-corrected chi connectivity index (χ1v) is 13.5. The molecule has 1 saturated carbocycles. The van der Waals surface area contributed by atoms with Crippen molar-refractivity contribution in [1.82, 2.24) is 15.5 Å². The van der Waals surface area contributed by atoms with Crippen LogP contribution in [0.5, 0.6) is 0 Å². The molecule has 2 rings (SSSR count). The van der Waals surface area contributed by atoms with Gasteiger partial charge in [-0.3, -0.25) is 9.59 Å².